The summed E-state index contributed by atoms with van der Waals surface area (Å²) in [4.78, 5) is 40.8. The van der Waals surface area contributed by atoms with Crippen LogP contribution in [0.15, 0.2) is 88.4 Å². The molecule has 0 radical (unpaired) electrons. The number of halogens is 3. The zero-order valence-corrected chi connectivity index (χ0v) is 26.2. The maximum absolute atomic E-state index is 13.4. The van der Waals surface area contributed by atoms with Gasteiger partial charge in [0.05, 0.1) is 23.9 Å². The highest BCUT2D eigenvalue weighted by Crippen LogP contribution is 2.38. The number of hydrogen-bond acceptors (Lipinski definition) is 7. The number of aromatic amines is 1. The lowest BCUT2D eigenvalue weighted by Gasteiger charge is -2.11. The van der Waals surface area contributed by atoms with Gasteiger partial charge in [-0.25, -0.2) is 10.2 Å². The van der Waals surface area contributed by atoms with Gasteiger partial charge in [0.25, 0.3) is 5.91 Å². The average molecular weight is 695 g/mol. The van der Waals surface area contributed by atoms with Crippen LogP contribution < -0.4 is 19.6 Å². The summed E-state index contributed by atoms with van der Waals surface area (Å²) in [6.07, 6.45) is 1.35. The Bertz CT molecular complexity index is 1940. The van der Waals surface area contributed by atoms with Gasteiger partial charge in [-0.15, -0.1) is 0 Å². The monoisotopic (exact) mass is 693 g/mol. The molecule has 0 aliphatic carbocycles. The van der Waals surface area contributed by atoms with Gasteiger partial charge in [-0.3, -0.25) is 9.59 Å². The number of methoxy groups -OCH3 is 1. The lowest BCUT2D eigenvalue weighted by molar-refractivity contribution is -0.132. The minimum Gasteiger partial charge on any atom is -0.493 e. The first-order valence-electron chi connectivity index (χ1n) is 12.9. The molecule has 44 heavy (non-hydrogen) atoms. The molecule has 2 N–H and O–H groups in total. The molecule has 0 fully saturated rings. The molecular formula is C32H22BrCl2N3O6. The van der Waals surface area contributed by atoms with Crippen molar-refractivity contribution in [3.63, 3.8) is 0 Å². The van der Waals surface area contributed by atoms with Crippen LogP contribution in [-0.4, -0.2) is 36.2 Å². The molecule has 222 valence electrons. The molecule has 12 heteroatoms. The van der Waals surface area contributed by atoms with E-state index in [-0.39, 0.29) is 28.5 Å². The number of benzene rings is 4. The standard InChI is InChI=1S/C32H22BrCl2N3O6/c1-17(39)43-26-10-8-19(13-27(26)42-2)32(41)44-25-11-9-21(33)12-20(25)16-36-38-31(40)30-28(18-6-4-3-5-7-18)29-23(35)14-22(34)15-24(29)37-30/h3-16,37H,1-2H3,(H,38,40). The van der Waals surface area contributed by atoms with Crippen LogP contribution in [0.2, 0.25) is 10.0 Å². The van der Waals surface area contributed by atoms with E-state index in [0.29, 0.717) is 36.5 Å². The van der Waals surface area contributed by atoms with Gasteiger partial charge in [-0.1, -0.05) is 69.5 Å². The zero-order chi connectivity index (χ0) is 31.4. The fourth-order valence-electron chi connectivity index (χ4n) is 4.43. The molecule has 4 aromatic carbocycles. The maximum Gasteiger partial charge on any atom is 0.343 e. The molecule has 1 heterocycles. The molecule has 1 aromatic heterocycles. The number of aromatic nitrogens is 1. The van der Waals surface area contributed by atoms with E-state index in [4.69, 9.17) is 37.4 Å². The molecule has 0 unspecified atom stereocenters. The number of nitrogens with one attached hydrogen (secondary N) is 2. The molecule has 0 aliphatic rings. The van der Waals surface area contributed by atoms with Crippen LogP contribution >= 0.6 is 39.1 Å². The Labute approximate surface area is 269 Å². The van der Waals surface area contributed by atoms with Gasteiger partial charge < -0.3 is 19.2 Å². The van der Waals surface area contributed by atoms with Gasteiger partial charge >= 0.3 is 11.9 Å². The zero-order valence-electron chi connectivity index (χ0n) is 23.1. The minimum atomic E-state index is -0.695. The fraction of sp³-hybridized carbons (Fsp3) is 0.0625. The van der Waals surface area contributed by atoms with Gasteiger partial charge in [0.1, 0.15) is 11.4 Å². The summed E-state index contributed by atoms with van der Waals surface area (Å²) in [5.74, 6) is -1.23. The first-order valence-corrected chi connectivity index (χ1v) is 14.5. The maximum atomic E-state index is 13.4. The summed E-state index contributed by atoms with van der Waals surface area (Å²) < 4.78 is 16.6. The van der Waals surface area contributed by atoms with Crippen LogP contribution in [0.25, 0.3) is 22.0 Å². The lowest BCUT2D eigenvalue weighted by atomic mass is 10.0. The third kappa shape index (κ3) is 6.78. The van der Waals surface area contributed by atoms with Gasteiger partial charge in [0.15, 0.2) is 11.5 Å². The predicted molar refractivity (Wildman–Crippen MR) is 172 cm³/mol. The highest BCUT2D eigenvalue weighted by atomic mass is 79.9. The van der Waals surface area contributed by atoms with E-state index in [1.807, 2.05) is 30.3 Å². The lowest BCUT2D eigenvalue weighted by Crippen LogP contribution is -2.19. The van der Waals surface area contributed by atoms with Crippen molar-refractivity contribution in [2.24, 2.45) is 5.10 Å². The van der Waals surface area contributed by atoms with Crippen LogP contribution in [0, 0.1) is 0 Å². The first kappa shape index (κ1) is 30.8. The SMILES string of the molecule is COc1cc(C(=O)Oc2ccc(Br)cc2C=NNC(=O)c2[nH]c3cc(Cl)cc(Cl)c3c2-c2ccccc2)ccc1OC(C)=O. The van der Waals surface area contributed by atoms with Crippen molar-refractivity contribution in [1.29, 1.82) is 0 Å². The van der Waals surface area contributed by atoms with Crippen molar-refractivity contribution in [1.82, 2.24) is 10.4 Å². The molecule has 5 aromatic rings. The molecule has 5 rings (SSSR count). The number of ether oxygens (including phenoxy) is 3. The Kier molecular flexibility index (Phi) is 9.34. The number of hydrogen-bond donors (Lipinski definition) is 2. The second-order valence-electron chi connectivity index (χ2n) is 9.28. The average Bonchev–Trinajstić information content (AvgIpc) is 3.38. The van der Waals surface area contributed by atoms with Gasteiger partial charge in [-0.05, 0) is 54.1 Å². The number of nitrogens with zero attached hydrogens (tertiary/aromatic N) is 1. The largest absolute Gasteiger partial charge is 0.493 e. The predicted octanol–water partition coefficient (Wildman–Crippen LogP) is 7.82. The van der Waals surface area contributed by atoms with Gasteiger partial charge in [0, 0.05) is 38.4 Å². The smallest absolute Gasteiger partial charge is 0.343 e. The van der Waals surface area contributed by atoms with Crippen molar-refractivity contribution >= 4 is 74.1 Å². The Morgan fingerprint density at radius 2 is 1.66 bits per heavy atom. The van der Waals surface area contributed by atoms with Gasteiger partial charge in [0.2, 0.25) is 0 Å². The molecule has 9 nitrogen and oxygen atoms in total. The van der Waals surface area contributed by atoms with Crippen LogP contribution in [0.5, 0.6) is 17.2 Å². The second-order valence-corrected chi connectivity index (χ2v) is 11.0. The molecule has 0 bridgehead atoms. The van der Waals surface area contributed by atoms with Crippen molar-refractivity contribution in [2.45, 2.75) is 6.92 Å². The minimum absolute atomic E-state index is 0.155. The number of H-pyrrole nitrogens is 1. The van der Waals surface area contributed by atoms with Crippen molar-refractivity contribution in [3.05, 3.63) is 110 Å². The third-order valence-corrected chi connectivity index (χ3v) is 7.31. The van der Waals surface area contributed by atoms with Crippen molar-refractivity contribution < 1.29 is 28.6 Å². The molecule has 0 atom stereocenters. The van der Waals surface area contributed by atoms with E-state index in [9.17, 15) is 14.4 Å². The van der Waals surface area contributed by atoms with Crippen LogP contribution in [0.1, 0.15) is 33.3 Å². The molecule has 0 spiro atoms. The Hall–Kier alpha value is -4.64. The molecular weight excluding hydrogens is 673 g/mol. The van der Waals surface area contributed by atoms with E-state index in [0.717, 1.165) is 5.56 Å². The normalized spacial score (nSPS) is 11.0. The number of fused-ring (bicyclic) bond motifs is 1. The number of hydrazone groups is 1. The number of carbonyl (C=O) groups excluding carboxylic acids is 3. The number of carbonyl (C=O) groups is 3. The molecule has 0 saturated heterocycles. The van der Waals surface area contributed by atoms with Crippen LogP contribution in [0.4, 0.5) is 0 Å². The first-order chi connectivity index (χ1) is 21.1. The summed E-state index contributed by atoms with van der Waals surface area (Å²) in [5, 5.41) is 5.59. The Morgan fingerprint density at radius 3 is 2.39 bits per heavy atom. The second kappa shape index (κ2) is 13.3. The van der Waals surface area contributed by atoms with Gasteiger partial charge in [-0.2, -0.15) is 5.10 Å². The van der Waals surface area contributed by atoms with E-state index in [2.05, 4.69) is 31.4 Å². The topological polar surface area (TPSA) is 119 Å². The molecule has 1 amide bonds. The number of rotatable bonds is 8. The van der Waals surface area contributed by atoms with Crippen LogP contribution in [-0.2, 0) is 4.79 Å². The quantitative estimate of drug-likeness (QED) is 0.0740. The van der Waals surface area contributed by atoms with E-state index in [1.165, 1.54) is 38.4 Å². The Morgan fingerprint density at radius 1 is 0.909 bits per heavy atom. The third-order valence-electron chi connectivity index (χ3n) is 6.30. The van der Waals surface area contributed by atoms with Crippen molar-refractivity contribution in [3.8, 4) is 28.4 Å². The van der Waals surface area contributed by atoms with E-state index in [1.54, 1.807) is 30.3 Å². The summed E-state index contributed by atoms with van der Waals surface area (Å²) >= 11 is 16.2. The highest BCUT2D eigenvalue weighted by molar-refractivity contribution is 9.10. The van der Waals surface area contributed by atoms with E-state index < -0.39 is 17.8 Å². The molecule has 0 saturated carbocycles. The summed E-state index contributed by atoms with van der Waals surface area (Å²) in [6, 6.07) is 21.9. The van der Waals surface area contributed by atoms with Crippen molar-refractivity contribution in [2.75, 3.05) is 7.11 Å². The number of esters is 2. The van der Waals surface area contributed by atoms with Crippen LogP contribution in [0.3, 0.4) is 0 Å². The summed E-state index contributed by atoms with van der Waals surface area (Å²) in [6.45, 7) is 1.26. The number of amides is 1. The Balaban J connectivity index is 1.40. The summed E-state index contributed by atoms with van der Waals surface area (Å²) in [5.41, 5.74) is 5.28. The highest BCUT2D eigenvalue weighted by Gasteiger charge is 2.22. The molecule has 0 aliphatic heterocycles. The summed E-state index contributed by atoms with van der Waals surface area (Å²) in [7, 11) is 1.39. The fourth-order valence-corrected chi connectivity index (χ4v) is 5.40. The van der Waals surface area contributed by atoms with E-state index >= 15 is 0 Å².